The molecule has 1 aliphatic heterocycles. The summed E-state index contributed by atoms with van der Waals surface area (Å²) in [5.41, 5.74) is -0.0151. The topological polar surface area (TPSA) is 163 Å². The number of rotatable bonds is 14. The molecular weight excluding hydrogens is 626 g/mol. The maximum absolute atomic E-state index is 14.3. The van der Waals surface area contributed by atoms with E-state index in [1.807, 2.05) is 30.3 Å². The Morgan fingerprint density at radius 2 is 1.67 bits per heavy atom. The summed E-state index contributed by atoms with van der Waals surface area (Å²) >= 11 is 0. The molecule has 0 aromatic heterocycles. The molecule has 2 saturated carbocycles. The van der Waals surface area contributed by atoms with Crippen LogP contribution in [0.25, 0.3) is 0 Å². The van der Waals surface area contributed by atoms with Crippen molar-refractivity contribution in [2.75, 3.05) is 13.1 Å². The summed E-state index contributed by atoms with van der Waals surface area (Å²) in [7, 11) is 0. The normalized spacial score (nSPS) is 22.5. The predicted octanol–water partition coefficient (Wildman–Crippen LogP) is 3.40. The van der Waals surface area contributed by atoms with Crippen LogP contribution in [0, 0.1) is 23.2 Å². The second kappa shape index (κ2) is 16.0. The zero-order valence-electron chi connectivity index (χ0n) is 29.5. The molecule has 5 atom stereocenters. The quantitative estimate of drug-likeness (QED) is 0.173. The molecule has 4 N–H and O–H groups in total. The first-order valence-electron chi connectivity index (χ1n) is 17.5. The Balaban J connectivity index is 1.41. The van der Waals surface area contributed by atoms with E-state index < -0.39 is 47.4 Å². The average Bonchev–Trinajstić information content (AvgIpc) is 3.36. The highest BCUT2D eigenvalue weighted by Crippen LogP contribution is 2.65. The number of amides is 5. The number of nitrogens with zero attached hydrogens (tertiary/aromatic N) is 1. The van der Waals surface area contributed by atoms with E-state index in [1.54, 1.807) is 25.7 Å². The number of fused-ring (bicyclic) bond motifs is 1. The van der Waals surface area contributed by atoms with Gasteiger partial charge in [0.25, 0.3) is 5.91 Å². The Morgan fingerprint density at radius 1 is 1.00 bits per heavy atom. The Morgan fingerprint density at radius 3 is 2.31 bits per heavy atom. The number of ether oxygens (including phenoxy) is 1. The molecule has 3 aliphatic rings. The molecule has 3 fully saturated rings. The number of ketones is 1. The van der Waals surface area contributed by atoms with Crippen molar-refractivity contribution in [1.82, 2.24) is 26.2 Å². The van der Waals surface area contributed by atoms with Crippen LogP contribution in [0.3, 0.4) is 0 Å². The van der Waals surface area contributed by atoms with Crippen molar-refractivity contribution in [2.24, 2.45) is 23.2 Å². The van der Waals surface area contributed by atoms with Gasteiger partial charge < -0.3 is 30.9 Å². The molecule has 0 bridgehead atoms. The molecule has 1 aromatic carbocycles. The van der Waals surface area contributed by atoms with Crippen LogP contribution in [0.4, 0.5) is 4.79 Å². The first-order chi connectivity index (χ1) is 23.1. The molecule has 1 saturated heterocycles. The summed E-state index contributed by atoms with van der Waals surface area (Å²) in [4.78, 5) is 81.1. The minimum Gasteiger partial charge on any atom is -0.444 e. The number of hydrogen-bond acceptors (Lipinski definition) is 7. The largest absolute Gasteiger partial charge is 0.444 e. The SMILES string of the molecule is C=CCC(NC(=O)[C@@H]1[C@@H]2C(CN1C(=O)[C@@H](NC(=O)OC(C)(C)C)C1CCCCC1)C2(C)C)C(=O)C(=O)NCCC(=O)NCc1ccccc1. The molecule has 0 spiro atoms. The molecule has 5 amide bonds. The molecule has 12 nitrogen and oxygen atoms in total. The third kappa shape index (κ3) is 9.70. The number of alkyl carbamates (subject to hydrolysis) is 1. The first kappa shape index (κ1) is 37.6. The number of nitrogens with one attached hydrogen (secondary N) is 4. The number of benzene rings is 1. The molecule has 2 aliphatic carbocycles. The van der Waals surface area contributed by atoms with E-state index in [1.165, 1.54) is 6.08 Å². The number of carbonyl (C=O) groups is 6. The van der Waals surface area contributed by atoms with Crippen LogP contribution in [0.15, 0.2) is 43.0 Å². The summed E-state index contributed by atoms with van der Waals surface area (Å²) in [6.07, 6.45) is 5.22. The zero-order valence-corrected chi connectivity index (χ0v) is 29.5. The van der Waals surface area contributed by atoms with Gasteiger partial charge in [-0.25, -0.2) is 4.79 Å². The lowest BCUT2D eigenvalue weighted by Crippen LogP contribution is -2.59. The smallest absolute Gasteiger partial charge is 0.408 e. The van der Waals surface area contributed by atoms with Crippen LogP contribution in [0.2, 0.25) is 0 Å². The van der Waals surface area contributed by atoms with Gasteiger partial charge in [0.2, 0.25) is 23.5 Å². The fourth-order valence-electron chi connectivity index (χ4n) is 7.35. The predicted molar refractivity (Wildman–Crippen MR) is 184 cm³/mol. The minimum atomic E-state index is -1.20. The number of hydrogen-bond donors (Lipinski definition) is 4. The molecule has 4 rings (SSSR count). The highest BCUT2D eigenvalue weighted by atomic mass is 16.6. The van der Waals surface area contributed by atoms with E-state index in [0.717, 1.165) is 37.7 Å². The highest BCUT2D eigenvalue weighted by molar-refractivity contribution is 6.38. The van der Waals surface area contributed by atoms with Crippen LogP contribution in [0.5, 0.6) is 0 Å². The lowest BCUT2D eigenvalue weighted by Gasteiger charge is -2.37. The van der Waals surface area contributed by atoms with Crippen molar-refractivity contribution >= 4 is 35.5 Å². The van der Waals surface area contributed by atoms with E-state index in [2.05, 4.69) is 41.7 Å². The summed E-state index contributed by atoms with van der Waals surface area (Å²) in [6.45, 7) is 13.7. The maximum atomic E-state index is 14.3. The number of likely N-dealkylation sites (tertiary alicyclic amines) is 1. The average molecular weight is 680 g/mol. The van der Waals surface area contributed by atoms with Gasteiger partial charge in [-0.1, -0.05) is 69.5 Å². The fraction of sp³-hybridized carbons (Fsp3) is 0.622. The van der Waals surface area contributed by atoms with Gasteiger partial charge in [-0.05, 0) is 68.8 Å². The van der Waals surface area contributed by atoms with Crippen molar-refractivity contribution < 1.29 is 33.5 Å². The van der Waals surface area contributed by atoms with E-state index in [4.69, 9.17) is 4.74 Å². The number of piperidine rings is 1. The van der Waals surface area contributed by atoms with Gasteiger partial charge in [-0.3, -0.25) is 24.0 Å². The van der Waals surface area contributed by atoms with Gasteiger partial charge in [-0.2, -0.15) is 0 Å². The Hall–Kier alpha value is -4.22. The standard InChI is InChI=1S/C37H53N5O7/c1-7-14-26(31(44)33(46)38-20-19-27(43)39-21-23-15-10-8-11-16-23)40-32(45)30-28-25(37(28,5)6)22-42(30)34(47)29(24-17-12-9-13-18-24)41-35(48)49-36(2,3)4/h7-8,10-11,15-16,24-26,28-30H,1,9,12-14,17-22H2,2-6H3,(H,38,46)(H,39,43)(H,40,45)(H,41,48)/t25?,26?,28-,29-,30-/m0/s1. The number of carbonyl (C=O) groups excluding carboxylic acids is 6. The summed E-state index contributed by atoms with van der Waals surface area (Å²) in [5.74, 6) is -3.11. The second-order valence-corrected chi connectivity index (χ2v) is 15.1. The highest BCUT2D eigenvalue weighted by Gasteiger charge is 2.69. The van der Waals surface area contributed by atoms with E-state index >= 15 is 0 Å². The Bertz CT molecular complexity index is 1400. The Labute approximate surface area is 289 Å². The number of Topliss-reactive ketones (excluding diaryl/α,β-unsaturated/α-hetero) is 1. The minimum absolute atomic E-state index is 0.00138. The van der Waals surface area contributed by atoms with E-state index in [0.29, 0.717) is 13.1 Å². The molecular formula is C37H53N5O7. The summed E-state index contributed by atoms with van der Waals surface area (Å²) in [5, 5.41) is 10.8. The first-order valence-corrected chi connectivity index (χ1v) is 17.5. The van der Waals surface area contributed by atoms with Gasteiger partial charge in [0.1, 0.15) is 23.7 Å². The van der Waals surface area contributed by atoms with Crippen LogP contribution in [0.1, 0.15) is 85.1 Å². The lowest BCUT2D eigenvalue weighted by atomic mass is 9.83. The third-order valence-corrected chi connectivity index (χ3v) is 10.0. The lowest BCUT2D eigenvalue weighted by molar-refractivity contribution is -0.145. The molecule has 49 heavy (non-hydrogen) atoms. The third-order valence-electron chi connectivity index (χ3n) is 10.0. The van der Waals surface area contributed by atoms with Crippen LogP contribution >= 0.6 is 0 Å². The summed E-state index contributed by atoms with van der Waals surface area (Å²) < 4.78 is 5.50. The van der Waals surface area contributed by atoms with E-state index in [-0.39, 0.29) is 54.4 Å². The molecule has 2 unspecified atom stereocenters. The van der Waals surface area contributed by atoms with Gasteiger partial charge in [0.15, 0.2) is 0 Å². The van der Waals surface area contributed by atoms with Gasteiger partial charge in [0.05, 0.1) is 0 Å². The van der Waals surface area contributed by atoms with Crippen LogP contribution < -0.4 is 21.3 Å². The molecule has 1 aromatic rings. The monoisotopic (exact) mass is 679 g/mol. The molecule has 1 heterocycles. The van der Waals surface area contributed by atoms with Gasteiger partial charge >= 0.3 is 6.09 Å². The fourth-order valence-corrected chi connectivity index (χ4v) is 7.35. The van der Waals surface area contributed by atoms with Crippen LogP contribution in [-0.2, 0) is 35.3 Å². The maximum Gasteiger partial charge on any atom is 0.408 e. The molecule has 12 heteroatoms. The molecule has 0 radical (unpaired) electrons. The van der Waals surface area contributed by atoms with Crippen LogP contribution in [-0.4, -0.2) is 77.2 Å². The van der Waals surface area contributed by atoms with Crippen molar-refractivity contribution in [3.63, 3.8) is 0 Å². The van der Waals surface area contributed by atoms with Gasteiger partial charge in [-0.15, -0.1) is 6.58 Å². The Kier molecular flexibility index (Phi) is 12.3. The van der Waals surface area contributed by atoms with Crippen molar-refractivity contribution in [3.05, 3.63) is 48.6 Å². The summed E-state index contributed by atoms with van der Waals surface area (Å²) in [6, 6.07) is 6.45. The van der Waals surface area contributed by atoms with Crippen molar-refractivity contribution in [3.8, 4) is 0 Å². The van der Waals surface area contributed by atoms with Crippen molar-refractivity contribution in [1.29, 1.82) is 0 Å². The second-order valence-electron chi connectivity index (χ2n) is 15.1. The van der Waals surface area contributed by atoms with Gasteiger partial charge in [0, 0.05) is 26.1 Å². The zero-order chi connectivity index (χ0) is 35.9. The molecule has 268 valence electrons. The van der Waals surface area contributed by atoms with Crippen molar-refractivity contribution in [2.45, 2.75) is 110 Å². The van der Waals surface area contributed by atoms with E-state index in [9.17, 15) is 28.8 Å².